The molecular formula is C12H24O7. The van der Waals surface area contributed by atoms with Gasteiger partial charge in [-0.2, -0.15) is 0 Å². The summed E-state index contributed by atoms with van der Waals surface area (Å²) in [5.41, 5.74) is 0. The molecule has 4 N–H and O–H groups in total. The van der Waals surface area contributed by atoms with Crippen LogP contribution in [-0.2, 0) is 14.4 Å². The topological polar surface area (TPSA) is 132 Å². The third-order valence-electron chi connectivity index (χ3n) is 1.59. The van der Waals surface area contributed by atoms with Crippen molar-refractivity contribution < 1.29 is 34.8 Å². The van der Waals surface area contributed by atoms with Crippen molar-refractivity contribution in [3.8, 4) is 0 Å². The molecule has 0 fully saturated rings. The van der Waals surface area contributed by atoms with Crippen LogP contribution in [0.25, 0.3) is 0 Å². The second-order valence-corrected chi connectivity index (χ2v) is 3.86. The van der Waals surface area contributed by atoms with Crippen LogP contribution < -0.4 is 0 Å². The number of aliphatic carboxylic acids is 2. The molecular weight excluding hydrogens is 256 g/mol. The van der Waals surface area contributed by atoms with Crippen LogP contribution in [0.3, 0.4) is 0 Å². The Morgan fingerprint density at radius 1 is 0.895 bits per heavy atom. The van der Waals surface area contributed by atoms with Gasteiger partial charge in [-0.1, -0.05) is 13.8 Å². The van der Waals surface area contributed by atoms with Crippen LogP contribution in [-0.4, -0.2) is 43.9 Å². The third-order valence-corrected chi connectivity index (χ3v) is 1.59. The van der Waals surface area contributed by atoms with E-state index in [9.17, 15) is 14.4 Å². The average Bonchev–Trinajstić information content (AvgIpc) is 2.16. The fourth-order valence-corrected chi connectivity index (χ4v) is 0.428. The van der Waals surface area contributed by atoms with Gasteiger partial charge >= 0.3 is 11.9 Å². The van der Waals surface area contributed by atoms with Crippen molar-refractivity contribution in [2.24, 2.45) is 0 Å². The van der Waals surface area contributed by atoms with Crippen LogP contribution in [0.15, 0.2) is 0 Å². The summed E-state index contributed by atoms with van der Waals surface area (Å²) >= 11 is 0. The quantitative estimate of drug-likeness (QED) is 0.552. The zero-order valence-corrected chi connectivity index (χ0v) is 11.8. The first-order chi connectivity index (χ1) is 8.48. The molecule has 0 aliphatic carbocycles. The molecule has 0 aromatic heterocycles. The number of carbonyl (C=O) groups excluding carboxylic acids is 1. The highest BCUT2D eigenvalue weighted by molar-refractivity contribution is 5.82. The van der Waals surface area contributed by atoms with Crippen molar-refractivity contribution in [3.63, 3.8) is 0 Å². The fourth-order valence-electron chi connectivity index (χ4n) is 0.428. The van der Waals surface area contributed by atoms with Gasteiger partial charge in [-0.15, -0.1) is 0 Å². The molecule has 7 nitrogen and oxygen atoms in total. The highest BCUT2D eigenvalue weighted by Crippen LogP contribution is 1.95. The lowest BCUT2D eigenvalue weighted by atomic mass is 10.2. The first-order valence-electron chi connectivity index (χ1n) is 5.88. The molecule has 0 atom stereocenters. The van der Waals surface area contributed by atoms with Gasteiger partial charge in [0.1, 0.15) is 0 Å². The molecule has 0 saturated carbocycles. The Bertz CT molecular complexity index is 250. The van der Waals surface area contributed by atoms with E-state index < -0.39 is 23.5 Å². The summed E-state index contributed by atoms with van der Waals surface area (Å²) in [5, 5.41) is 32.4. The molecule has 0 amide bonds. The number of Topliss-reactive ketones (excluding diaryl/α,β-unsaturated/α-hetero) is 1. The van der Waals surface area contributed by atoms with Gasteiger partial charge in [0.15, 0.2) is 5.78 Å². The number of aliphatic hydroxyl groups is 2. The van der Waals surface area contributed by atoms with Gasteiger partial charge in [-0.25, -0.2) is 0 Å². The Hall–Kier alpha value is -1.47. The van der Waals surface area contributed by atoms with E-state index in [1.807, 2.05) is 13.8 Å². The Morgan fingerprint density at radius 3 is 1.11 bits per heavy atom. The first-order valence-corrected chi connectivity index (χ1v) is 5.88. The minimum absolute atomic E-state index is 0.292. The molecule has 0 saturated heterocycles. The molecule has 0 aliphatic rings. The number of ketones is 1. The molecule has 0 spiro atoms. The summed E-state index contributed by atoms with van der Waals surface area (Å²) in [7, 11) is 0. The second-order valence-electron chi connectivity index (χ2n) is 3.86. The lowest BCUT2D eigenvalue weighted by Crippen LogP contribution is -2.31. The molecule has 7 heteroatoms. The molecule has 0 aromatic carbocycles. The lowest BCUT2D eigenvalue weighted by molar-refractivity contribution is -0.173. The number of carboxylic acids is 2. The number of carboxylic acid groups (broad SMARTS) is 2. The van der Waals surface area contributed by atoms with Crippen LogP contribution in [0.5, 0.6) is 0 Å². The summed E-state index contributed by atoms with van der Waals surface area (Å²) in [5.74, 6) is -4.21. The third kappa shape index (κ3) is 31.5. The van der Waals surface area contributed by atoms with E-state index in [0.29, 0.717) is 12.8 Å². The van der Waals surface area contributed by atoms with Crippen molar-refractivity contribution in [1.82, 2.24) is 0 Å². The van der Waals surface area contributed by atoms with Gasteiger partial charge < -0.3 is 20.4 Å². The van der Waals surface area contributed by atoms with Crippen molar-refractivity contribution in [1.29, 1.82) is 0 Å². The van der Waals surface area contributed by atoms with Crippen molar-refractivity contribution in [3.05, 3.63) is 0 Å². The number of rotatable bonds is 5. The standard InChI is InChI=1S/C4H8O3.2C4H8O2/c1-3(5)4(2,6)7;2*1-2-3-4(5)6/h6-7H,1-2H3;2*2-3H2,1H3,(H,5,6). The maximum Gasteiger partial charge on any atom is 0.303 e. The molecule has 0 bridgehead atoms. The number of hydrogen-bond donors (Lipinski definition) is 4. The van der Waals surface area contributed by atoms with Crippen LogP contribution in [0.4, 0.5) is 0 Å². The maximum atomic E-state index is 9.97. The molecule has 0 unspecified atom stereocenters. The molecule has 0 aliphatic heterocycles. The van der Waals surface area contributed by atoms with Crippen molar-refractivity contribution in [2.45, 2.75) is 59.2 Å². The van der Waals surface area contributed by atoms with E-state index in [1.54, 1.807) is 0 Å². The predicted octanol–water partition coefficient (Wildman–Crippen LogP) is 1.02. The first kappa shape index (κ1) is 22.7. The summed E-state index contributed by atoms with van der Waals surface area (Å²) < 4.78 is 0. The molecule has 0 rings (SSSR count). The van der Waals surface area contributed by atoms with Crippen molar-refractivity contribution >= 4 is 17.7 Å². The summed E-state index contributed by atoms with van der Waals surface area (Å²) in [6, 6.07) is 0. The lowest BCUT2D eigenvalue weighted by Gasteiger charge is -2.08. The summed E-state index contributed by atoms with van der Waals surface area (Å²) in [6.07, 6.45) is 2.05. The Kier molecular flexibility index (Phi) is 15.5. The predicted molar refractivity (Wildman–Crippen MR) is 68.6 cm³/mol. The van der Waals surface area contributed by atoms with Gasteiger partial charge in [0.2, 0.25) is 5.79 Å². The molecule has 114 valence electrons. The number of carbonyl (C=O) groups is 3. The fraction of sp³-hybridized carbons (Fsp3) is 0.750. The van der Waals surface area contributed by atoms with E-state index >= 15 is 0 Å². The summed E-state index contributed by atoms with van der Waals surface area (Å²) in [6.45, 7) is 5.82. The zero-order valence-electron chi connectivity index (χ0n) is 11.8. The molecule has 0 heterocycles. The summed E-state index contributed by atoms with van der Waals surface area (Å²) in [4.78, 5) is 29.2. The van der Waals surface area contributed by atoms with E-state index in [2.05, 4.69) is 0 Å². The monoisotopic (exact) mass is 280 g/mol. The van der Waals surface area contributed by atoms with Crippen LogP contribution in [0.1, 0.15) is 53.4 Å². The molecule has 0 radical (unpaired) electrons. The Morgan fingerprint density at radius 2 is 1.11 bits per heavy atom. The second kappa shape index (κ2) is 13.0. The Labute approximate surface area is 112 Å². The Balaban J connectivity index is -0.000000203. The minimum Gasteiger partial charge on any atom is -0.481 e. The van der Waals surface area contributed by atoms with E-state index in [1.165, 1.54) is 0 Å². The highest BCUT2D eigenvalue weighted by Gasteiger charge is 2.20. The molecule has 19 heavy (non-hydrogen) atoms. The largest absolute Gasteiger partial charge is 0.481 e. The minimum atomic E-state index is -2.14. The van der Waals surface area contributed by atoms with Gasteiger partial charge in [-0.05, 0) is 19.8 Å². The smallest absolute Gasteiger partial charge is 0.303 e. The van der Waals surface area contributed by atoms with Crippen LogP contribution in [0.2, 0.25) is 0 Å². The average molecular weight is 280 g/mol. The SMILES string of the molecule is CC(=O)C(C)(O)O.CCCC(=O)O.CCCC(=O)O. The zero-order chi connectivity index (χ0) is 16.1. The van der Waals surface area contributed by atoms with Gasteiger partial charge in [-0.3, -0.25) is 14.4 Å². The van der Waals surface area contributed by atoms with E-state index in [4.69, 9.17) is 20.4 Å². The maximum absolute atomic E-state index is 9.97. The van der Waals surface area contributed by atoms with Crippen LogP contribution in [0, 0.1) is 0 Å². The highest BCUT2D eigenvalue weighted by atomic mass is 16.5. The normalized spacial score (nSPS) is 9.37. The van der Waals surface area contributed by atoms with Gasteiger partial charge in [0, 0.05) is 19.8 Å². The van der Waals surface area contributed by atoms with Gasteiger partial charge in [0.25, 0.3) is 0 Å². The molecule has 0 aromatic rings. The van der Waals surface area contributed by atoms with Gasteiger partial charge in [0.05, 0.1) is 0 Å². The van der Waals surface area contributed by atoms with Crippen LogP contribution >= 0.6 is 0 Å². The van der Waals surface area contributed by atoms with E-state index in [-0.39, 0.29) is 0 Å². The van der Waals surface area contributed by atoms with E-state index in [0.717, 1.165) is 26.7 Å². The number of hydrogen-bond acceptors (Lipinski definition) is 5. The van der Waals surface area contributed by atoms with Crippen molar-refractivity contribution in [2.75, 3.05) is 0 Å².